The first-order valence-electron chi connectivity index (χ1n) is 6.98. The van der Waals surface area contributed by atoms with E-state index < -0.39 is 5.97 Å². The number of benzene rings is 1. The fraction of sp³-hybridized carbons (Fsp3) is 0.167. The first-order valence-corrected chi connectivity index (χ1v) is 7.73. The Labute approximate surface area is 150 Å². The van der Waals surface area contributed by atoms with Crippen LogP contribution in [0, 0.1) is 0 Å². The van der Waals surface area contributed by atoms with E-state index in [1.807, 2.05) is 6.92 Å². The van der Waals surface area contributed by atoms with Gasteiger partial charge in [0.2, 0.25) is 0 Å². The fourth-order valence-corrected chi connectivity index (χ4v) is 2.67. The number of aromatic hydroxyl groups is 2. The Morgan fingerprint density at radius 3 is 2.04 bits per heavy atom. The summed E-state index contributed by atoms with van der Waals surface area (Å²) in [7, 11) is 0. The van der Waals surface area contributed by atoms with Gasteiger partial charge >= 0.3 is 5.97 Å². The Morgan fingerprint density at radius 1 is 1.00 bits per heavy atom. The van der Waals surface area contributed by atoms with Gasteiger partial charge in [0.25, 0.3) is 0 Å². The Balaban J connectivity index is 3.08. The molecule has 0 radical (unpaired) electrons. The van der Waals surface area contributed by atoms with Crippen molar-refractivity contribution in [3.8, 4) is 11.5 Å². The molecule has 0 aliphatic rings. The summed E-state index contributed by atoms with van der Waals surface area (Å²) in [6.45, 7) is 5.27. The van der Waals surface area contributed by atoms with E-state index in [1.54, 1.807) is 38.2 Å². The monoisotopic (exact) mass is 368 g/mol. The molecule has 4 nitrogen and oxygen atoms in total. The van der Waals surface area contributed by atoms with Gasteiger partial charge in [0.1, 0.15) is 11.5 Å². The Morgan fingerprint density at radius 2 is 1.54 bits per heavy atom. The summed E-state index contributed by atoms with van der Waals surface area (Å²) in [5.74, 6) is -1.50. The van der Waals surface area contributed by atoms with Gasteiger partial charge in [-0.2, -0.15) is 0 Å². The van der Waals surface area contributed by atoms with Gasteiger partial charge in [0.15, 0.2) is 0 Å². The summed E-state index contributed by atoms with van der Waals surface area (Å²) in [5, 5.41) is 28.2. The van der Waals surface area contributed by atoms with Crippen molar-refractivity contribution in [3.63, 3.8) is 0 Å². The Bertz CT molecular complexity index is 745. The molecule has 3 N–H and O–H groups in total. The lowest BCUT2D eigenvalue weighted by atomic mass is 10.1. The summed E-state index contributed by atoms with van der Waals surface area (Å²) in [5.41, 5.74) is 2.47. The number of hydrogen-bond donors (Lipinski definition) is 3. The van der Waals surface area contributed by atoms with Gasteiger partial charge in [-0.1, -0.05) is 53.1 Å². The van der Waals surface area contributed by atoms with E-state index in [0.717, 1.165) is 17.7 Å². The van der Waals surface area contributed by atoms with E-state index in [0.29, 0.717) is 16.7 Å². The highest BCUT2D eigenvalue weighted by Gasteiger charge is 2.15. The minimum absolute atomic E-state index is 0.0625. The highest BCUT2D eigenvalue weighted by molar-refractivity contribution is 6.39. The van der Waals surface area contributed by atoms with Crippen LogP contribution in [0.4, 0.5) is 0 Å². The molecule has 0 fully saturated rings. The van der Waals surface area contributed by atoms with Crippen LogP contribution in [-0.2, 0) is 4.79 Å². The lowest BCUT2D eigenvalue weighted by Gasteiger charge is -2.10. The van der Waals surface area contributed by atoms with Crippen LogP contribution in [0.1, 0.15) is 26.3 Å². The van der Waals surface area contributed by atoms with Gasteiger partial charge in [-0.3, -0.25) is 0 Å². The van der Waals surface area contributed by atoms with Crippen LogP contribution in [-0.4, -0.2) is 21.3 Å². The Hall–Kier alpha value is -2.17. The van der Waals surface area contributed by atoms with Crippen LogP contribution in [0.3, 0.4) is 0 Å². The van der Waals surface area contributed by atoms with Crippen molar-refractivity contribution in [1.29, 1.82) is 0 Å². The van der Waals surface area contributed by atoms with E-state index in [4.69, 9.17) is 28.3 Å². The van der Waals surface area contributed by atoms with Crippen LogP contribution >= 0.6 is 23.2 Å². The van der Waals surface area contributed by atoms with E-state index in [9.17, 15) is 15.0 Å². The van der Waals surface area contributed by atoms with Crippen LogP contribution in [0.5, 0.6) is 11.5 Å². The average Bonchev–Trinajstić information content (AvgIpc) is 2.44. The SMILES string of the molecule is CC(/C=C\C=C(/C)c1c(Cl)c(O)cc(O)c1Cl)=C\C(C)=C\C(=O)O. The summed E-state index contributed by atoms with van der Waals surface area (Å²) in [4.78, 5) is 10.6. The minimum atomic E-state index is -0.996. The van der Waals surface area contributed by atoms with Crippen molar-refractivity contribution >= 4 is 34.7 Å². The van der Waals surface area contributed by atoms with Gasteiger partial charge in [-0.15, -0.1) is 0 Å². The molecule has 0 spiro atoms. The first-order chi connectivity index (χ1) is 11.1. The predicted molar refractivity (Wildman–Crippen MR) is 97.7 cm³/mol. The molecule has 0 aliphatic carbocycles. The topological polar surface area (TPSA) is 77.8 Å². The van der Waals surface area contributed by atoms with Crippen LogP contribution in [0.2, 0.25) is 10.0 Å². The number of phenolic OH excluding ortho intramolecular Hbond substituents is 2. The highest BCUT2D eigenvalue weighted by Crippen LogP contribution is 2.42. The van der Waals surface area contributed by atoms with Crippen molar-refractivity contribution in [3.05, 3.63) is 63.2 Å². The van der Waals surface area contributed by atoms with Gasteiger partial charge in [-0.25, -0.2) is 4.79 Å². The number of phenols is 2. The number of carboxylic acids is 1. The lowest BCUT2D eigenvalue weighted by molar-refractivity contribution is -0.131. The molecule has 24 heavy (non-hydrogen) atoms. The molecule has 6 heteroatoms. The predicted octanol–water partition coefficient (Wildman–Crippen LogP) is 5.34. The summed E-state index contributed by atoms with van der Waals surface area (Å²) in [6.07, 6.45) is 8.09. The second kappa shape index (κ2) is 8.62. The quantitative estimate of drug-likeness (QED) is 0.484. The number of aliphatic carboxylic acids is 1. The van der Waals surface area contributed by atoms with Crippen molar-refractivity contribution < 1.29 is 20.1 Å². The zero-order valence-corrected chi connectivity index (χ0v) is 15.0. The first kappa shape index (κ1) is 19.9. The fourth-order valence-electron chi connectivity index (χ4n) is 2.03. The zero-order valence-electron chi connectivity index (χ0n) is 13.5. The highest BCUT2D eigenvalue weighted by atomic mass is 35.5. The minimum Gasteiger partial charge on any atom is -0.506 e. The molecule has 0 aliphatic heterocycles. The third kappa shape index (κ3) is 5.48. The van der Waals surface area contributed by atoms with Gasteiger partial charge < -0.3 is 15.3 Å². The summed E-state index contributed by atoms with van der Waals surface area (Å²) in [6, 6.07) is 1.09. The Kier molecular flexibility index (Phi) is 7.14. The number of halogens is 2. The van der Waals surface area contributed by atoms with Crippen molar-refractivity contribution in [2.24, 2.45) is 0 Å². The van der Waals surface area contributed by atoms with Crippen molar-refractivity contribution in [2.45, 2.75) is 20.8 Å². The van der Waals surface area contributed by atoms with Gasteiger partial charge in [0, 0.05) is 17.7 Å². The van der Waals surface area contributed by atoms with E-state index >= 15 is 0 Å². The second-order valence-corrected chi connectivity index (χ2v) is 6.00. The number of allylic oxidation sites excluding steroid dienone is 7. The zero-order chi connectivity index (χ0) is 18.4. The molecule has 0 saturated carbocycles. The lowest BCUT2D eigenvalue weighted by Crippen LogP contribution is -1.88. The molecule has 0 bridgehead atoms. The maximum atomic E-state index is 10.6. The van der Waals surface area contributed by atoms with Crippen molar-refractivity contribution in [1.82, 2.24) is 0 Å². The molecule has 1 aromatic rings. The number of carbonyl (C=O) groups is 1. The number of rotatable bonds is 5. The molecule has 0 atom stereocenters. The van der Waals surface area contributed by atoms with Crippen LogP contribution in [0.15, 0.2) is 47.6 Å². The largest absolute Gasteiger partial charge is 0.506 e. The van der Waals surface area contributed by atoms with Crippen LogP contribution < -0.4 is 0 Å². The smallest absolute Gasteiger partial charge is 0.328 e. The number of hydrogen-bond acceptors (Lipinski definition) is 3. The molecule has 0 heterocycles. The molecule has 0 saturated heterocycles. The maximum absolute atomic E-state index is 10.6. The summed E-state index contributed by atoms with van der Waals surface area (Å²) >= 11 is 12.1. The molecule has 1 aromatic carbocycles. The average molecular weight is 369 g/mol. The standard InChI is InChI=1S/C18H18Cl2O4/c1-10(7-11(2)8-15(23)24)5-4-6-12(3)16-17(19)13(21)9-14(22)18(16)20/h4-9,21-22H,1-3H3,(H,23,24)/b5-4-,10-7+,11-8+,12-6+. The third-order valence-corrected chi connectivity index (χ3v) is 3.83. The third-order valence-electron chi connectivity index (χ3n) is 3.07. The molecule has 0 aromatic heterocycles. The number of carboxylic acid groups (broad SMARTS) is 1. The van der Waals surface area contributed by atoms with E-state index in [1.165, 1.54) is 0 Å². The molecule has 0 unspecified atom stereocenters. The van der Waals surface area contributed by atoms with Crippen molar-refractivity contribution in [2.75, 3.05) is 0 Å². The van der Waals surface area contributed by atoms with E-state index in [-0.39, 0.29) is 21.5 Å². The second-order valence-electron chi connectivity index (χ2n) is 5.24. The van der Waals surface area contributed by atoms with Gasteiger partial charge in [-0.05, 0) is 31.9 Å². The van der Waals surface area contributed by atoms with E-state index in [2.05, 4.69) is 0 Å². The molecule has 128 valence electrons. The molecule has 1 rings (SSSR count). The maximum Gasteiger partial charge on any atom is 0.328 e. The molecule has 0 amide bonds. The van der Waals surface area contributed by atoms with Gasteiger partial charge in [0.05, 0.1) is 10.0 Å². The molecular weight excluding hydrogens is 351 g/mol. The summed E-state index contributed by atoms with van der Waals surface area (Å²) < 4.78 is 0. The normalized spacial score (nSPS) is 13.6. The van der Waals surface area contributed by atoms with Crippen LogP contribution in [0.25, 0.3) is 5.57 Å². The molecular formula is C18H18Cl2O4.